The van der Waals surface area contributed by atoms with Crippen molar-refractivity contribution >= 4 is 34.8 Å². The molecule has 0 bridgehead atoms. The molecule has 23 heavy (non-hydrogen) atoms. The van der Waals surface area contributed by atoms with Crippen molar-refractivity contribution in [2.75, 3.05) is 16.8 Å². The van der Waals surface area contributed by atoms with Gasteiger partial charge in [-0.2, -0.15) is 0 Å². The highest BCUT2D eigenvalue weighted by Gasteiger charge is 2.51. The van der Waals surface area contributed by atoms with E-state index in [1.165, 1.54) is 0 Å². The summed E-state index contributed by atoms with van der Waals surface area (Å²) in [7, 11) is 0. The lowest BCUT2D eigenvalue weighted by atomic mass is 9.74. The highest BCUT2D eigenvalue weighted by atomic mass is 35.5. The van der Waals surface area contributed by atoms with E-state index in [0.717, 1.165) is 16.9 Å². The molecule has 1 N–H and O–H groups in total. The maximum atomic E-state index is 12.7. The van der Waals surface area contributed by atoms with Crippen LogP contribution in [0.1, 0.15) is 18.4 Å². The summed E-state index contributed by atoms with van der Waals surface area (Å²) < 4.78 is 0. The second kappa shape index (κ2) is 5.10. The molecule has 1 atom stereocenters. The van der Waals surface area contributed by atoms with Gasteiger partial charge in [-0.05, 0) is 36.2 Å². The van der Waals surface area contributed by atoms with Gasteiger partial charge in [0, 0.05) is 29.4 Å². The molecule has 0 saturated carbocycles. The Hall–Kier alpha value is -2.33. The van der Waals surface area contributed by atoms with Crippen LogP contribution in [0.5, 0.6) is 0 Å². The van der Waals surface area contributed by atoms with Gasteiger partial charge < -0.3 is 10.2 Å². The van der Waals surface area contributed by atoms with Gasteiger partial charge in [0.2, 0.25) is 11.8 Å². The van der Waals surface area contributed by atoms with Crippen molar-refractivity contribution in [1.82, 2.24) is 0 Å². The van der Waals surface area contributed by atoms with Gasteiger partial charge in [-0.15, -0.1) is 0 Å². The van der Waals surface area contributed by atoms with Crippen LogP contribution in [0.25, 0.3) is 0 Å². The van der Waals surface area contributed by atoms with Crippen LogP contribution in [0.2, 0.25) is 5.02 Å². The summed E-state index contributed by atoms with van der Waals surface area (Å²) in [6.07, 6.45) is 0.875. The number of para-hydroxylation sites is 1. The normalized spacial score (nSPS) is 23.1. The second-order valence-corrected chi connectivity index (χ2v) is 6.48. The summed E-state index contributed by atoms with van der Waals surface area (Å²) in [6.45, 7) is 0.342. The van der Waals surface area contributed by atoms with E-state index in [4.69, 9.17) is 11.6 Å². The monoisotopic (exact) mass is 326 g/mol. The molecule has 2 aliphatic rings. The topological polar surface area (TPSA) is 49.4 Å². The summed E-state index contributed by atoms with van der Waals surface area (Å²) >= 11 is 6.06. The lowest BCUT2D eigenvalue weighted by molar-refractivity contribution is -0.125. The third-order valence-electron chi connectivity index (χ3n) is 4.74. The van der Waals surface area contributed by atoms with Gasteiger partial charge in [-0.3, -0.25) is 9.59 Å². The Balaban J connectivity index is 1.78. The van der Waals surface area contributed by atoms with Crippen LogP contribution in [0.4, 0.5) is 11.4 Å². The fraction of sp³-hybridized carbons (Fsp3) is 0.222. The Morgan fingerprint density at radius 1 is 1.09 bits per heavy atom. The third kappa shape index (κ3) is 2.13. The molecule has 4 nitrogen and oxygen atoms in total. The van der Waals surface area contributed by atoms with Crippen molar-refractivity contribution in [3.05, 3.63) is 59.1 Å². The summed E-state index contributed by atoms with van der Waals surface area (Å²) in [5.74, 6) is -0.00620. The Morgan fingerprint density at radius 3 is 2.74 bits per heavy atom. The number of benzene rings is 2. The number of carbonyl (C=O) groups excluding carboxylic acids is 2. The summed E-state index contributed by atoms with van der Waals surface area (Å²) in [5, 5.41) is 3.53. The molecule has 1 spiro atoms. The predicted molar refractivity (Wildman–Crippen MR) is 89.8 cm³/mol. The molecule has 2 aliphatic heterocycles. The molecule has 2 aromatic carbocycles. The Labute approximate surface area is 139 Å². The molecule has 4 rings (SSSR count). The maximum Gasteiger partial charge on any atom is 0.236 e. The number of hydrogen-bond donors (Lipinski definition) is 1. The van der Waals surface area contributed by atoms with Crippen molar-refractivity contribution < 1.29 is 9.59 Å². The second-order valence-electron chi connectivity index (χ2n) is 6.04. The first kappa shape index (κ1) is 14.3. The molecular formula is C18H15ClN2O2. The van der Waals surface area contributed by atoms with Crippen LogP contribution < -0.4 is 10.2 Å². The number of fused-ring (bicyclic) bond motifs is 2. The molecule has 0 aromatic heterocycles. The molecule has 1 saturated heterocycles. The minimum Gasteiger partial charge on any atom is -0.325 e. The Bertz CT molecular complexity index is 820. The predicted octanol–water partition coefficient (Wildman–Crippen LogP) is 3.36. The van der Waals surface area contributed by atoms with E-state index in [9.17, 15) is 9.59 Å². The zero-order valence-corrected chi connectivity index (χ0v) is 13.1. The molecule has 5 heteroatoms. The van der Waals surface area contributed by atoms with Gasteiger partial charge in [-0.25, -0.2) is 0 Å². The van der Waals surface area contributed by atoms with Crippen LogP contribution in [0.3, 0.4) is 0 Å². The highest BCUT2D eigenvalue weighted by Crippen LogP contribution is 2.44. The number of rotatable bonds is 1. The standard InChI is InChI=1S/C18H15ClN2O2/c19-12-4-3-5-13(10-12)21-11-18(9-8-16(21)22)14-6-1-2-7-15(14)20-17(18)23/h1-7,10H,8-9,11H2,(H,20,23). The van der Waals surface area contributed by atoms with E-state index < -0.39 is 5.41 Å². The zero-order chi connectivity index (χ0) is 16.0. The average Bonchev–Trinajstić information content (AvgIpc) is 2.82. The van der Waals surface area contributed by atoms with E-state index in [0.29, 0.717) is 24.4 Å². The minimum atomic E-state index is -0.674. The van der Waals surface area contributed by atoms with Crippen molar-refractivity contribution in [3.8, 4) is 0 Å². The molecule has 1 fully saturated rings. The minimum absolute atomic E-state index is 0.0232. The van der Waals surface area contributed by atoms with Gasteiger partial charge in [0.15, 0.2) is 0 Å². The van der Waals surface area contributed by atoms with Crippen LogP contribution in [0, 0.1) is 0 Å². The molecule has 2 heterocycles. The summed E-state index contributed by atoms with van der Waals surface area (Å²) in [5.41, 5.74) is 1.88. The number of anilines is 2. The molecule has 0 radical (unpaired) electrons. The van der Waals surface area contributed by atoms with E-state index in [-0.39, 0.29) is 11.8 Å². The number of amides is 2. The van der Waals surface area contributed by atoms with Crippen molar-refractivity contribution in [2.45, 2.75) is 18.3 Å². The molecule has 116 valence electrons. The van der Waals surface area contributed by atoms with E-state index >= 15 is 0 Å². The fourth-order valence-corrected chi connectivity index (χ4v) is 3.74. The van der Waals surface area contributed by atoms with Crippen LogP contribution >= 0.6 is 11.6 Å². The first-order chi connectivity index (χ1) is 11.1. The largest absolute Gasteiger partial charge is 0.325 e. The smallest absolute Gasteiger partial charge is 0.236 e. The van der Waals surface area contributed by atoms with Crippen LogP contribution in [-0.4, -0.2) is 18.4 Å². The van der Waals surface area contributed by atoms with Crippen molar-refractivity contribution in [1.29, 1.82) is 0 Å². The lowest BCUT2D eigenvalue weighted by Crippen LogP contribution is -2.52. The van der Waals surface area contributed by atoms with Gasteiger partial charge in [0.25, 0.3) is 0 Å². The number of halogens is 1. The van der Waals surface area contributed by atoms with Gasteiger partial charge in [0.05, 0.1) is 5.41 Å². The van der Waals surface area contributed by atoms with Gasteiger partial charge in [-0.1, -0.05) is 35.9 Å². The molecule has 1 unspecified atom stereocenters. The van der Waals surface area contributed by atoms with Crippen molar-refractivity contribution in [3.63, 3.8) is 0 Å². The average molecular weight is 327 g/mol. The molecule has 0 aliphatic carbocycles. The SMILES string of the molecule is O=C1CCC2(CN1c1cccc(Cl)c1)C(=O)Nc1ccccc12. The molecular weight excluding hydrogens is 312 g/mol. The summed E-state index contributed by atoms with van der Waals surface area (Å²) in [4.78, 5) is 26.8. The fourth-order valence-electron chi connectivity index (χ4n) is 3.55. The molecule has 2 aromatic rings. The number of hydrogen-bond acceptors (Lipinski definition) is 2. The first-order valence-electron chi connectivity index (χ1n) is 7.57. The summed E-state index contributed by atoms with van der Waals surface area (Å²) in [6, 6.07) is 14.9. The quantitative estimate of drug-likeness (QED) is 0.873. The van der Waals surface area contributed by atoms with Crippen molar-refractivity contribution in [2.24, 2.45) is 0 Å². The van der Waals surface area contributed by atoms with E-state index in [2.05, 4.69) is 5.32 Å². The lowest BCUT2D eigenvalue weighted by Gasteiger charge is -2.38. The number of nitrogens with zero attached hydrogens (tertiary/aromatic N) is 1. The number of nitrogens with one attached hydrogen (secondary N) is 1. The third-order valence-corrected chi connectivity index (χ3v) is 4.98. The number of piperidine rings is 1. The van der Waals surface area contributed by atoms with Gasteiger partial charge >= 0.3 is 0 Å². The zero-order valence-electron chi connectivity index (χ0n) is 12.4. The maximum absolute atomic E-state index is 12.7. The van der Waals surface area contributed by atoms with Crippen LogP contribution in [-0.2, 0) is 15.0 Å². The first-order valence-corrected chi connectivity index (χ1v) is 7.95. The Morgan fingerprint density at radius 2 is 1.91 bits per heavy atom. The van der Waals surface area contributed by atoms with E-state index in [1.807, 2.05) is 36.4 Å². The number of carbonyl (C=O) groups is 2. The highest BCUT2D eigenvalue weighted by molar-refractivity contribution is 6.31. The Kier molecular flexibility index (Phi) is 3.16. The van der Waals surface area contributed by atoms with Gasteiger partial charge in [0.1, 0.15) is 0 Å². The van der Waals surface area contributed by atoms with E-state index in [1.54, 1.807) is 17.0 Å². The van der Waals surface area contributed by atoms with Crippen LogP contribution in [0.15, 0.2) is 48.5 Å². The molecule has 2 amide bonds.